The van der Waals surface area contributed by atoms with E-state index in [1.165, 1.54) is 5.56 Å². The van der Waals surface area contributed by atoms with Crippen molar-refractivity contribution in [2.75, 3.05) is 5.32 Å². The van der Waals surface area contributed by atoms with Gasteiger partial charge in [-0.25, -0.2) is 4.98 Å². The highest BCUT2D eigenvalue weighted by molar-refractivity contribution is 5.94. The van der Waals surface area contributed by atoms with Crippen LogP contribution in [0.15, 0.2) is 67.1 Å². The van der Waals surface area contributed by atoms with E-state index in [0.717, 1.165) is 27.5 Å². The summed E-state index contributed by atoms with van der Waals surface area (Å²) in [5, 5.41) is 11.7. The zero-order chi connectivity index (χ0) is 17.9. The molecule has 0 fully saturated rings. The maximum Gasteiger partial charge on any atom is 0.229 e. The average Bonchev–Trinajstić information content (AvgIpc) is 3.18. The lowest BCUT2D eigenvalue weighted by atomic mass is 10.1. The van der Waals surface area contributed by atoms with Crippen LogP contribution in [-0.2, 0) is 11.2 Å². The summed E-state index contributed by atoms with van der Waals surface area (Å²) in [5.41, 5.74) is 4.25. The van der Waals surface area contributed by atoms with Gasteiger partial charge in [0.1, 0.15) is 5.82 Å². The molecule has 4 rings (SSSR count). The van der Waals surface area contributed by atoms with E-state index < -0.39 is 0 Å². The standard InChI is InChI=1S/C21H18N4O/c1-14-2-4-15(5-3-14)8-21(26)25-20-10-18-9-16(19-12-23-24-13-19)6-7-17(18)11-22-20/h2-7,9-13H,8H2,1H3,(H,23,24)(H,22,25,26). The monoisotopic (exact) mass is 342 g/mol. The van der Waals surface area contributed by atoms with Crippen molar-refractivity contribution in [3.8, 4) is 11.1 Å². The maximum atomic E-state index is 12.3. The first-order chi connectivity index (χ1) is 12.7. The molecule has 5 nitrogen and oxygen atoms in total. The number of nitrogens with zero attached hydrogens (tertiary/aromatic N) is 2. The van der Waals surface area contributed by atoms with E-state index in [2.05, 4.69) is 26.6 Å². The third-order valence-corrected chi connectivity index (χ3v) is 4.31. The smallest absolute Gasteiger partial charge is 0.229 e. The van der Waals surface area contributed by atoms with Crippen molar-refractivity contribution in [1.82, 2.24) is 15.2 Å². The van der Waals surface area contributed by atoms with Gasteiger partial charge in [0, 0.05) is 23.3 Å². The van der Waals surface area contributed by atoms with Crippen molar-refractivity contribution < 1.29 is 4.79 Å². The number of hydrogen-bond donors (Lipinski definition) is 2. The number of benzene rings is 2. The highest BCUT2D eigenvalue weighted by atomic mass is 16.1. The molecule has 0 bridgehead atoms. The number of aromatic nitrogens is 3. The molecule has 2 aromatic heterocycles. The second kappa shape index (κ2) is 6.80. The number of carbonyl (C=O) groups excluding carboxylic acids is 1. The van der Waals surface area contributed by atoms with Crippen LogP contribution in [0.3, 0.4) is 0 Å². The Morgan fingerprint density at radius 1 is 1.00 bits per heavy atom. The van der Waals surface area contributed by atoms with Crippen LogP contribution in [0.2, 0.25) is 0 Å². The Morgan fingerprint density at radius 3 is 2.62 bits per heavy atom. The Bertz CT molecular complexity index is 1050. The highest BCUT2D eigenvalue weighted by Crippen LogP contribution is 2.24. The summed E-state index contributed by atoms with van der Waals surface area (Å²) >= 11 is 0. The predicted molar refractivity (Wildman–Crippen MR) is 103 cm³/mol. The van der Waals surface area contributed by atoms with E-state index in [1.54, 1.807) is 12.4 Å². The normalized spacial score (nSPS) is 10.8. The highest BCUT2D eigenvalue weighted by Gasteiger charge is 2.07. The number of nitrogens with one attached hydrogen (secondary N) is 2. The number of pyridine rings is 1. The molecule has 0 aliphatic heterocycles. The first-order valence-corrected chi connectivity index (χ1v) is 8.42. The first-order valence-electron chi connectivity index (χ1n) is 8.42. The molecule has 128 valence electrons. The fraction of sp³-hybridized carbons (Fsp3) is 0.0952. The molecule has 2 aromatic carbocycles. The van der Waals surface area contributed by atoms with Gasteiger partial charge in [0.05, 0.1) is 12.6 Å². The molecule has 0 unspecified atom stereocenters. The maximum absolute atomic E-state index is 12.3. The molecule has 4 aromatic rings. The Labute approximate surface area is 151 Å². The molecule has 5 heteroatoms. The van der Waals surface area contributed by atoms with Gasteiger partial charge in [0.2, 0.25) is 5.91 Å². The summed E-state index contributed by atoms with van der Waals surface area (Å²) in [6, 6.07) is 16.0. The van der Waals surface area contributed by atoms with E-state index in [1.807, 2.05) is 55.6 Å². The van der Waals surface area contributed by atoms with E-state index in [-0.39, 0.29) is 5.91 Å². The van der Waals surface area contributed by atoms with E-state index in [9.17, 15) is 4.79 Å². The van der Waals surface area contributed by atoms with Gasteiger partial charge >= 0.3 is 0 Å². The van der Waals surface area contributed by atoms with Gasteiger partial charge in [-0.3, -0.25) is 9.89 Å². The molecular formula is C21H18N4O. The second-order valence-corrected chi connectivity index (χ2v) is 6.33. The molecule has 2 heterocycles. The van der Waals surface area contributed by atoms with Crippen LogP contribution >= 0.6 is 0 Å². The third kappa shape index (κ3) is 3.47. The number of rotatable bonds is 4. The molecule has 26 heavy (non-hydrogen) atoms. The Kier molecular flexibility index (Phi) is 4.19. The molecular weight excluding hydrogens is 324 g/mol. The van der Waals surface area contributed by atoms with Gasteiger partial charge in [-0.2, -0.15) is 5.10 Å². The van der Waals surface area contributed by atoms with Gasteiger partial charge < -0.3 is 5.32 Å². The molecule has 0 saturated heterocycles. The van der Waals surface area contributed by atoms with Gasteiger partial charge in [-0.15, -0.1) is 0 Å². The minimum atomic E-state index is -0.0771. The third-order valence-electron chi connectivity index (χ3n) is 4.31. The predicted octanol–water partition coefficient (Wildman–Crippen LogP) is 4.11. The zero-order valence-corrected chi connectivity index (χ0v) is 14.4. The van der Waals surface area contributed by atoms with Crippen LogP contribution in [0.4, 0.5) is 5.82 Å². The summed E-state index contributed by atoms with van der Waals surface area (Å²) in [4.78, 5) is 16.6. The fourth-order valence-corrected chi connectivity index (χ4v) is 2.88. The molecule has 0 atom stereocenters. The van der Waals surface area contributed by atoms with E-state index in [4.69, 9.17) is 0 Å². The van der Waals surface area contributed by atoms with Crippen LogP contribution in [0.25, 0.3) is 21.9 Å². The lowest BCUT2D eigenvalue weighted by Gasteiger charge is -2.07. The van der Waals surface area contributed by atoms with Gasteiger partial charge in [-0.1, -0.05) is 42.0 Å². The fourth-order valence-electron chi connectivity index (χ4n) is 2.88. The van der Waals surface area contributed by atoms with Crippen LogP contribution < -0.4 is 5.32 Å². The van der Waals surface area contributed by atoms with Crippen molar-refractivity contribution in [3.63, 3.8) is 0 Å². The average molecular weight is 342 g/mol. The van der Waals surface area contributed by atoms with E-state index in [0.29, 0.717) is 12.2 Å². The zero-order valence-electron chi connectivity index (χ0n) is 14.4. The number of aryl methyl sites for hydroxylation is 1. The lowest BCUT2D eigenvalue weighted by Crippen LogP contribution is -2.15. The second-order valence-electron chi connectivity index (χ2n) is 6.33. The summed E-state index contributed by atoms with van der Waals surface area (Å²) in [6.07, 6.45) is 5.74. The Balaban J connectivity index is 1.54. The van der Waals surface area contributed by atoms with Crippen molar-refractivity contribution in [2.24, 2.45) is 0 Å². The summed E-state index contributed by atoms with van der Waals surface area (Å²) in [5.74, 6) is 0.477. The lowest BCUT2D eigenvalue weighted by molar-refractivity contribution is -0.115. The molecule has 1 amide bonds. The summed E-state index contributed by atoms with van der Waals surface area (Å²) < 4.78 is 0. The Hall–Kier alpha value is -3.47. The molecule has 2 N–H and O–H groups in total. The number of fused-ring (bicyclic) bond motifs is 1. The minimum Gasteiger partial charge on any atom is -0.310 e. The van der Waals surface area contributed by atoms with Gasteiger partial charge in [-0.05, 0) is 35.6 Å². The van der Waals surface area contributed by atoms with Crippen LogP contribution in [0, 0.1) is 6.92 Å². The van der Waals surface area contributed by atoms with Crippen LogP contribution in [-0.4, -0.2) is 21.1 Å². The van der Waals surface area contributed by atoms with Crippen molar-refractivity contribution in [2.45, 2.75) is 13.3 Å². The number of amides is 1. The molecule has 0 radical (unpaired) electrons. The molecule has 0 aliphatic rings. The molecule has 0 aliphatic carbocycles. The summed E-state index contributed by atoms with van der Waals surface area (Å²) in [6.45, 7) is 2.03. The molecule has 0 saturated carbocycles. The Morgan fingerprint density at radius 2 is 1.85 bits per heavy atom. The first kappa shape index (κ1) is 16.0. The summed E-state index contributed by atoms with van der Waals surface area (Å²) in [7, 11) is 0. The van der Waals surface area contributed by atoms with Crippen molar-refractivity contribution in [3.05, 3.63) is 78.2 Å². The minimum absolute atomic E-state index is 0.0771. The van der Waals surface area contributed by atoms with Gasteiger partial charge in [0.25, 0.3) is 0 Å². The van der Waals surface area contributed by atoms with E-state index >= 15 is 0 Å². The number of carbonyl (C=O) groups is 1. The van der Waals surface area contributed by atoms with Crippen molar-refractivity contribution in [1.29, 1.82) is 0 Å². The van der Waals surface area contributed by atoms with Crippen LogP contribution in [0.1, 0.15) is 11.1 Å². The number of hydrogen-bond acceptors (Lipinski definition) is 3. The quantitative estimate of drug-likeness (QED) is 0.586. The number of H-pyrrole nitrogens is 1. The van der Waals surface area contributed by atoms with Gasteiger partial charge in [0.15, 0.2) is 0 Å². The topological polar surface area (TPSA) is 70.7 Å². The van der Waals surface area contributed by atoms with Crippen molar-refractivity contribution >= 4 is 22.5 Å². The number of aromatic amines is 1. The largest absolute Gasteiger partial charge is 0.310 e. The SMILES string of the molecule is Cc1ccc(CC(=O)Nc2cc3cc(-c4cn[nH]c4)ccc3cn2)cc1. The van der Waals surface area contributed by atoms with Crippen LogP contribution in [0.5, 0.6) is 0 Å². The molecule has 0 spiro atoms. The number of anilines is 1.